The SMILES string of the molecule is COc1ccc(P(c2ccc(OC)cc2)c2ccc(OC)c(Cl)c2Cl)cc1. The van der Waals surface area contributed by atoms with Crippen LogP contribution in [0, 0.1) is 0 Å². The Kier molecular flexibility index (Phi) is 6.49. The van der Waals surface area contributed by atoms with Crippen molar-refractivity contribution in [2.24, 2.45) is 0 Å². The Morgan fingerprint density at radius 3 is 1.48 bits per heavy atom. The zero-order valence-electron chi connectivity index (χ0n) is 15.2. The van der Waals surface area contributed by atoms with Gasteiger partial charge in [-0.2, -0.15) is 0 Å². The molecule has 0 heterocycles. The van der Waals surface area contributed by atoms with Gasteiger partial charge < -0.3 is 14.2 Å². The summed E-state index contributed by atoms with van der Waals surface area (Å²) in [6, 6.07) is 19.9. The Balaban J connectivity index is 2.15. The Morgan fingerprint density at radius 1 is 0.593 bits per heavy atom. The Labute approximate surface area is 170 Å². The molecule has 0 unspecified atom stereocenters. The number of ether oxygens (including phenoxy) is 3. The van der Waals surface area contributed by atoms with Crippen molar-refractivity contribution in [2.75, 3.05) is 21.3 Å². The monoisotopic (exact) mass is 420 g/mol. The molecular weight excluding hydrogens is 402 g/mol. The molecule has 3 aromatic carbocycles. The first kappa shape index (κ1) is 19.8. The van der Waals surface area contributed by atoms with Crippen molar-refractivity contribution < 1.29 is 14.2 Å². The molecule has 0 radical (unpaired) electrons. The molecule has 3 rings (SSSR count). The van der Waals surface area contributed by atoms with Crippen LogP contribution in [0.1, 0.15) is 0 Å². The van der Waals surface area contributed by atoms with Gasteiger partial charge in [0.05, 0.1) is 26.4 Å². The summed E-state index contributed by atoms with van der Waals surface area (Å²) < 4.78 is 15.9. The molecule has 0 aromatic heterocycles. The van der Waals surface area contributed by atoms with Gasteiger partial charge in [0.1, 0.15) is 22.3 Å². The molecule has 0 aliphatic heterocycles. The van der Waals surface area contributed by atoms with Crippen molar-refractivity contribution in [2.45, 2.75) is 0 Å². The van der Waals surface area contributed by atoms with Crippen molar-refractivity contribution in [3.63, 3.8) is 0 Å². The van der Waals surface area contributed by atoms with E-state index in [1.807, 2.05) is 36.4 Å². The summed E-state index contributed by atoms with van der Waals surface area (Å²) in [5, 5.41) is 4.17. The molecule has 0 aliphatic carbocycles. The molecule has 3 aromatic rings. The van der Waals surface area contributed by atoms with E-state index in [0.29, 0.717) is 15.8 Å². The number of benzene rings is 3. The molecule has 0 saturated heterocycles. The van der Waals surface area contributed by atoms with Gasteiger partial charge in [-0.25, -0.2) is 0 Å². The van der Waals surface area contributed by atoms with Crippen molar-refractivity contribution in [1.29, 1.82) is 0 Å². The highest BCUT2D eigenvalue weighted by Crippen LogP contribution is 2.41. The van der Waals surface area contributed by atoms with E-state index in [2.05, 4.69) is 24.3 Å². The van der Waals surface area contributed by atoms with Crippen LogP contribution in [-0.4, -0.2) is 21.3 Å². The summed E-state index contributed by atoms with van der Waals surface area (Å²) in [6.45, 7) is 0. The lowest BCUT2D eigenvalue weighted by Crippen LogP contribution is -2.21. The molecular formula is C21H19Cl2O3P. The van der Waals surface area contributed by atoms with Gasteiger partial charge in [0.25, 0.3) is 0 Å². The number of rotatable bonds is 6. The van der Waals surface area contributed by atoms with Crippen molar-refractivity contribution >= 4 is 47.0 Å². The number of hydrogen-bond donors (Lipinski definition) is 0. The second-order valence-corrected chi connectivity index (χ2v) is 8.59. The molecule has 0 N–H and O–H groups in total. The average Bonchev–Trinajstić information content (AvgIpc) is 2.72. The average molecular weight is 421 g/mol. The highest BCUT2D eigenvalue weighted by Gasteiger charge is 2.22. The van der Waals surface area contributed by atoms with Crippen LogP contribution >= 0.6 is 31.1 Å². The van der Waals surface area contributed by atoms with Gasteiger partial charge in [0.2, 0.25) is 0 Å². The first-order chi connectivity index (χ1) is 13.1. The first-order valence-corrected chi connectivity index (χ1v) is 10.3. The van der Waals surface area contributed by atoms with Crippen molar-refractivity contribution in [1.82, 2.24) is 0 Å². The maximum Gasteiger partial charge on any atom is 0.139 e. The molecule has 3 nitrogen and oxygen atoms in total. The van der Waals surface area contributed by atoms with Gasteiger partial charge in [0, 0.05) is 5.30 Å². The first-order valence-electron chi connectivity index (χ1n) is 8.19. The van der Waals surface area contributed by atoms with Crippen molar-refractivity contribution in [3.8, 4) is 17.2 Å². The quantitative estimate of drug-likeness (QED) is 0.537. The van der Waals surface area contributed by atoms with Gasteiger partial charge in [-0.05, 0) is 54.9 Å². The molecule has 0 aliphatic rings. The minimum Gasteiger partial charge on any atom is -0.497 e. The third kappa shape index (κ3) is 4.16. The fourth-order valence-corrected chi connectivity index (χ4v) is 5.74. The maximum atomic E-state index is 6.64. The molecule has 0 saturated carbocycles. The van der Waals surface area contributed by atoms with Crippen LogP contribution in [0.15, 0.2) is 60.7 Å². The van der Waals surface area contributed by atoms with Crippen LogP contribution in [-0.2, 0) is 0 Å². The lowest BCUT2D eigenvalue weighted by Gasteiger charge is -2.22. The van der Waals surface area contributed by atoms with E-state index in [1.165, 1.54) is 0 Å². The maximum absolute atomic E-state index is 6.64. The van der Waals surface area contributed by atoms with E-state index in [4.69, 9.17) is 37.4 Å². The lowest BCUT2D eigenvalue weighted by atomic mass is 10.3. The summed E-state index contributed by atoms with van der Waals surface area (Å²) in [4.78, 5) is 0. The van der Waals surface area contributed by atoms with Crippen molar-refractivity contribution in [3.05, 3.63) is 70.7 Å². The van der Waals surface area contributed by atoms with Gasteiger partial charge >= 0.3 is 0 Å². The van der Waals surface area contributed by atoms with Crippen LogP contribution in [0.2, 0.25) is 10.0 Å². The van der Waals surface area contributed by atoms with E-state index in [1.54, 1.807) is 21.3 Å². The zero-order chi connectivity index (χ0) is 19.4. The molecule has 0 fully saturated rings. The Morgan fingerprint density at radius 2 is 1.07 bits per heavy atom. The van der Waals surface area contributed by atoms with E-state index >= 15 is 0 Å². The van der Waals surface area contributed by atoms with E-state index in [9.17, 15) is 0 Å². The molecule has 140 valence electrons. The van der Waals surface area contributed by atoms with E-state index in [0.717, 1.165) is 27.4 Å². The largest absolute Gasteiger partial charge is 0.497 e. The molecule has 27 heavy (non-hydrogen) atoms. The summed E-state index contributed by atoms with van der Waals surface area (Å²) in [5.74, 6) is 2.18. The van der Waals surface area contributed by atoms with Crippen LogP contribution in [0.4, 0.5) is 0 Å². The lowest BCUT2D eigenvalue weighted by molar-refractivity contribution is 0.415. The second kappa shape index (κ2) is 8.84. The van der Waals surface area contributed by atoms with Gasteiger partial charge in [0.15, 0.2) is 0 Å². The molecule has 0 amide bonds. The Bertz CT molecular complexity index is 864. The highest BCUT2D eigenvalue weighted by molar-refractivity contribution is 7.80. The summed E-state index contributed by atoms with van der Waals surface area (Å²) >= 11 is 13.1. The minimum atomic E-state index is -0.918. The Hall–Kier alpha value is -1.93. The molecule has 0 bridgehead atoms. The van der Waals surface area contributed by atoms with Crippen LogP contribution in [0.5, 0.6) is 17.2 Å². The summed E-state index contributed by atoms with van der Waals surface area (Å²) in [7, 11) is 3.97. The highest BCUT2D eigenvalue weighted by atomic mass is 35.5. The standard InChI is InChI=1S/C21H19Cl2O3P/c1-24-14-4-8-16(9-5-14)27(17-10-6-15(25-2)7-11-17)19-13-12-18(26-3)20(22)21(19)23/h4-13H,1-3H3. The topological polar surface area (TPSA) is 27.7 Å². The van der Waals surface area contributed by atoms with Gasteiger partial charge in [-0.15, -0.1) is 0 Å². The summed E-state index contributed by atoms with van der Waals surface area (Å²) in [6.07, 6.45) is 0. The number of halogens is 2. The smallest absolute Gasteiger partial charge is 0.139 e. The minimum absolute atomic E-state index is 0.422. The molecule has 0 spiro atoms. The normalized spacial score (nSPS) is 10.7. The number of methoxy groups -OCH3 is 3. The summed E-state index contributed by atoms with van der Waals surface area (Å²) in [5.41, 5.74) is 0. The van der Waals surface area contributed by atoms with Crippen LogP contribution < -0.4 is 30.1 Å². The molecule has 6 heteroatoms. The van der Waals surface area contributed by atoms with Gasteiger partial charge in [-0.3, -0.25) is 0 Å². The third-order valence-electron chi connectivity index (χ3n) is 4.15. The van der Waals surface area contributed by atoms with Crippen LogP contribution in [0.3, 0.4) is 0 Å². The predicted octanol–water partition coefficient (Wildman–Crippen LogP) is 4.78. The van der Waals surface area contributed by atoms with E-state index in [-0.39, 0.29) is 0 Å². The zero-order valence-corrected chi connectivity index (χ0v) is 17.6. The van der Waals surface area contributed by atoms with Gasteiger partial charge in [-0.1, -0.05) is 47.5 Å². The number of hydrogen-bond acceptors (Lipinski definition) is 3. The fraction of sp³-hybridized carbons (Fsp3) is 0.143. The predicted molar refractivity (Wildman–Crippen MR) is 115 cm³/mol. The van der Waals surface area contributed by atoms with E-state index < -0.39 is 7.92 Å². The fourth-order valence-electron chi connectivity index (χ4n) is 2.74. The second-order valence-electron chi connectivity index (χ2n) is 5.65. The molecule has 0 atom stereocenters. The third-order valence-corrected chi connectivity index (χ3v) is 7.63. The van der Waals surface area contributed by atoms with Crippen LogP contribution in [0.25, 0.3) is 0 Å².